The van der Waals surface area contributed by atoms with Gasteiger partial charge in [0.2, 0.25) is 0 Å². The lowest BCUT2D eigenvalue weighted by Gasteiger charge is -2.40. The number of hydrogen-bond acceptors (Lipinski definition) is 3. The Morgan fingerprint density at radius 3 is 2.41 bits per heavy atom. The van der Waals surface area contributed by atoms with Gasteiger partial charge in [-0.15, -0.1) is 0 Å². The van der Waals surface area contributed by atoms with Crippen LogP contribution in [0.25, 0.3) is 0 Å². The van der Waals surface area contributed by atoms with Gasteiger partial charge in [-0.25, -0.2) is 4.39 Å². The summed E-state index contributed by atoms with van der Waals surface area (Å²) in [5, 5.41) is 23.2. The Labute approximate surface area is 189 Å². The van der Waals surface area contributed by atoms with E-state index >= 15 is 0 Å². The standard InChI is InChI=1S/C26H32FN3O2/c27-22-12-6-7-19(17-22)18-24(28)29-23-13-15-30(16-14-23)25(31)26(32,21-10-4-5-11-21)20-8-2-1-3-9-20/h1-3,6-9,12,17,21,23,32H,4-5,10-11,13-16,18H2,(H2,28,29)/t26-/m0/s1. The van der Waals surface area contributed by atoms with E-state index in [0.717, 1.165) is 31.2 Å². The Bertz CT molecular complexity index is 937. The second kappa shape index (κ2) is 9.82. The number of nitrogens with one attached hydrogen (secondary N) is 2. The molecule has 3 N–H and O–H groups in total. The summed E-state index contributed by atoms with van der Waals surface area (Å²) in [6, 6.07) is 15.8. The van der Waals surface area contributed by atoms with Crippen molar-refractivity contribution >= 4 is 11.7 Å². The Morgan fingerprint density at radius 1 is 1.06 bits per heavy atom. The van der Waals surface area contributed by atoms with Crippen LogP contribution in [0.4, 0.5) is 4.39 Å². The number of carbonyl (C=O) groups is 1. The summed E-state index contributed by atoms with van der Waals surface area (Å²) in [5.41, 5.74) is -0.0177. The molecular formula is C26H32FN3O2. The number of amides is 1. The smallest absolute Gasteiger partial charge is 0.259 e. The van der Waals surface area contributed by atoms with Crippen molar-refractivity contribution < 1.29 is 14.3 Å². The fourth-order valence-electron chi connectivity index (χ4n) is 5.19. The minimum atomic E-state index is -1.47. The van der Waals surface area contributed by atoms with Crippen LogP contribution >= 0.6 is 0 Å². The predicted octanol–water partition coefficient (Wildman–Crippen LogP) is 4.00. The zero-order valence-electron chi connectivity index (χ0n) is 18.4. The number of nitrogens with zero attached hydrogens (tertiary/aromatic N) is 1. The number of halogens is 1. The van der Waals surface area contributed by atoms with Crippen LogP contribution in [0.2, 0.25) is 0 Å². The van der Waals surface area contributed by atoms with Crippen molar-refractivity contribution in [2.45, 2.75) is 56.6 Å². The Hall–Kier alpha value is -2.73. The number of benzene rings is 2. The van der Waals surface area contributed by atoms with Crippen LogP contribution in [0.5, 0.6) is 0 Å². The average molecular weight is 438 g/mol. The van der Waals surface area contributed by atoms with Crippen molar-refractivity contribution in [2.24, 2.45) is 5.92 Å². The van der Waals surface area contributed by atoms with Gasteiger partial charge >= 0.3 is 0 Å². The van der Waals surface area contributed by atoms with Gasteiger partial charge in [0.05, 0.1) is 5.84 Å². The molecule has 0 bridgehead atoms. The summed E-state index contributed by atoms with van der Waals surface area (Å²) in [4.78, 5) is 15.4. The molecule has 1 atom stereocenters. The first-order valence-corrected chi connectivity index (χ1v) is 11.6. The van der Waals surface area contributed by atoms with Gasteiger partial charge in [0.25, 0.3) is 5.91 Å². The Morgan fingerprint density at radius 2 is 1.75 bits per heavy atom. The average Bonchev–Trinajstić information content (AvgIpc) is 3.35. The van der Waals surface area contributed by atoms with Crippen LogP contribution < -0.4 is 5.32 Å². The lowest BCUT2D eigenvalue weighted by molar-refractivity contribution is -0.160. The molecule has 1 saturated heterocycles. The molecule has 0 radical (unpaired) electrons. The van der Waals surface area contributed by atoms with Crippen LogP contribution in [0.1, 0.15) is 49.7 Å². The summed E-state index contributed by atoms with van der Waals surface area (Å²) < 4.78 is 13.4. The Kier molecular flexibility index (Phi) is 6.89. The second-order valence-corrected chi connectivity index (χ2v) is 9.11. The molecule has 32 heavy (non-hydrogen) atoms. The van der Waals surface area contributed by atoms with Crippen molar-refractivity contribution in [3.05, 3.63) is 71.5 Å². The monoisotopic (exact) mass is 437 g/mol. The van der Waals surface area contributed by atoms with Gasteiger partial charge in [0, 0.05) is 31.5 Å². The van der Waals surface area contributed by atoms with Crippen LogP contribution in [-0.4, -0.2) is 40.9 Å². The van der Waals surface area contributed by atoms with E-state index in [9.17, 15) is 14.3 Å². The first-order valence-electron chi connectivity index (χ1n) is 11.6. The molecule has 1 saturated carbocycles. The molecule has 2 fully saturated rings. The molecule has 0 aromatic heterocycles. The van der Waals surface area contributed by atoms with E-state index in [2.05, 4.69) is 5.32 Å². The van der Waals surface area contributed by atoms with Gasteiger partial charge in [-0.05, 0) is 48.9 Å². The first-order chi connectivity index (χ1) is 15.5. The minimum absolute atomic E-state index is 0.0484. The normalized spacial score (nSPS) is 19.5. The summed E-state index contributed by atoms with van der Waals surface area (Å²) in [5.74, 6) is -0.181. The molecule has 1 aliphatic heterocycles. The van der Waals surface area contributed by atoms with E-state index in [0.29, 0.717) is 43.8 Å². The van der Waals surface area contributed by atoms with E-state index in [-0.39, 0.29) is 23.7 Å². The fourth-order valence-corrected chi connectivity index (χ4v) is 5.19. The van der Waals surface area contributed by atoms with Gasteiger partial charge in [0.1, 0.15) is 5.82 Å². The third kappa shape index (κ3) is 4.85. The van der Waals surface area contributed by atoms with Crippen LogP contribution in [0.3, 0.4) is 0 Å². The van der Waals surface area contributed by atoms with E-state index in [1.165, 1.54) is 12.1 Å². The summed E-state index contributed by atoms with van der Waals surface area (Å²) >= 11 is 0. The number of rotatable bonds is 6. The van der Waals surface area contributed by atoms with Crippen molar-refractivity contribution in [2.75, 3.05) is 13.1 Å². The lowest BCUT2D eigenvalue weighted by atomic mass is 9.78. The molecule has 1 heterocycles. The first kappa shape index (κ1) is 22.5. The van der Waals surface area contributed by atoms with Crippen LogP contribution in [-0.2, 0) is 16.8 Å². The highest BCUT2D eigenvalue weighted by Gasteiger charge is 2.48. The summed E-state index contributed by atoms with van der Waals surface area (Å²) in [6.07, 6.45) is 5.61. The SMILES string of the molecule is N=C(Cc1cccc(F)c1)NC1CCN(C(=O)[C@](O)(c2ccccc2)C2CCCC2)CC1. The maximum absolute atomic E-state index is 13.6. The Balaban J connectivity index is 1.37. The fraction of sp³-hybridized carbons (Fsp3) is 0.462. The lowest BCUT2D eigenvalue weighted by Crippen LogP contribution is -2.55. The number of carbonyl (C=O) groups excluding carboxylic acids is 1. The maximum atomic E-state index is 13.6. The zero-order chi connectivity index (χ0) is 22.6. The molecule has 1 aliphatic carbocycles. The highest BCUT2D eigenvalue weighted by atomic mass is 19.1. The minimum Gasteiger partial charge on any atom is -0.375 e. The van der Waals surface area contributed by atoms with Crippen molar-refractivity contribution in [3.8, 4) is 0 Å². The van der Waals surface area contributed by atoms with Crippen LogP contribution in [0.15, 0.2) is 54.6 Å². The molecule has 0 spiro atoms. The van der Waals surface area contributed by atoms with Gasteiger partial charge < -0.3 is 15.3 Å². The summed E-state index contributed by atoms with van der Waals surface area (Å²) in [6.45, 7) is 1.09. The highest BCUT2D eigenvalue weighted by Crippen LogP contribution is 2.42. The molecule has 1 amide bonds. The number of likely N-dealkylation sites (tertiary alicyclic amines) is 1. The quantitative estimate of drug-likeness (QED) is 0.472. The molecule has 170 valence electrons. The van der Waals surface area contributed by atoms with Gasteiger partial charge in [-0.2, -0.15) is 0 Å². The number of hydrogen-bond donors (Lipinski definition) is 3. The van der Waals surface area contributed by atoms with E-state index in [1.54, 1.807) is 11.0 Å². The van der Waals surface area contributed by atoms with Gasteiger partial charge in [-0.1, -0.05) is 55.3 Å². The number of aliphatic hydroxyl groups is 1. The van der Waals surface area contributed by atoms with E-state index in [1.807, 2.05) is 36.4 Å². The highest BCUT2D eigenvalue weighted by molar-refractivity contribution is 5.87. The van der Waals surface area contributed by atoms with Crippen molar-refractivity contribution in [1.29, 1.82) is 5.41 Å². The molecule has 0 unspecified atom stereocenters. The number of amidine groups is 1. The molecular weight excluding hydrogens is 405 g/mol. The molecule has 2 aromatic rings. The van der Waals surface area contributed by atoms with Crippen LogP contribution in [0, 0.1) is 17.1 Å². The number of piperidine rings is 1. The van der Waals surface area contributed by atoms with Crippen molar-refractivity contribution in [3.63, 3.8) is 0 Å². The van der Waals surface area contributed by atoms with E-state index < -0.39 is 5.60 Å². The topological polar surface area (TPSA) is 76.4 Å². The molecule has 2 aromatic carbocycles. The molecule has 5 nitrogen and oxygen atoms in total. The zero-order valence-corrected chi connectivity index (χ0v) is 18.4. The summed E-state index contributed by atoms with van der Waals surface area (Å²) in [7, 11) is 0. The van der Waals surface area contributed by atoms with Gasteiger partial charge in [-0.3, -0.25) is 10.2 Å². The van der Waals surface area contributed by atoms with Crippen molar-refractivity contribution in [1.82, 2.24) is 10.2 Å². The molecule has 4 rings (SSSR count). The largest absolute Gasteiger partial charge is 0.375 e. The van der Waals surface area contributed by atoms with Gasteiger partial charge in [0.15, 0.2) is 5.60 Å². The second-order valence-electron chi connectivity index (χ2n) is 9.11. The molecule has 6 heteroatoms. The van der Waals surface area contributed by atoms with E-state index in [4.69, 9.17) is 5.41 Å². The maximum Gasteiger partial charge on any atom is 0.259 e. The molecule has 2 aliphatic rings. The third-order valence-electron chi connectivity index (χ3n) is 6.92. The third-order valence-corrected chi connectivity index (χ3v) is 6.92. The predicted molar refractivity (Wildman–Crippen MR) is 123 cm³/mol.